The second kappa shape index (κ2) is 6.80. The molecule has 116 valence electrons. The molecule has 0 bridgehead atoms. The van der Waals surface area contributed by atoms with Crippen LogP contribution in [0.3, 0.4) is 0 Å². The first-order valence-corrected chi connectivity index (χ1v) is 7.37. The predicted molar refractivity (Wildman–Crippen MR) is 84.5 cm³/mol. The molecule has 0 radical (unpaired) electrons. The lowest BCUT2D eigenvalue weighted by Crippen LogP contribution is -2.42. The summed E-state index contributed by atoms with van der Waals surface area (Å²) in [6, 6.07) is 5.99. The average molecular weight is 291 g/mol. The number of piperidine rings is 1. The van der Waals surface area contributed by atoms with Crippen LogP contribution >= 0.6 is 0 Å². The van der Waals surface area contributed by atoms with E-state index >= 15 is 0 Å². The normalized spacial score (nSPS) is 16.3. The maximum Gasteiger partial charge on any atom is 0.236 e. The van der Waals surface area contributed by atoms with Crippen LogP contribution in [0.4, 0.5) is 5.69 Å². The van der Waals surface area contributed by atoms with Gasteiger partial charge in [-0.3, -0.25) is 4.79 Å². The fraction of sp³-hybridized carbons (Fsp3) is 0.562. The molecule has 1 aliphatic heterocycles. The first kappa shape index (κ1) is 15.6. The highest BCUT2D eigenvalue weighted by Gasteiger charge is 2.24. The number of likely N-dealkylation sites (tertiary alicyclic amines) is 1. The van der Waals surface area contributed by atoms with Gasteiger partial charge in [-0.15, -0.1) is 0 Å². The van der Waals surface area contributed by atoms with Gasteiger partial charge in [0.2, 0.25) is 5.91 Å². The van der Waals surface area contributed by atoms with Crippen molar-refractivity contribution in [2.75, 3.05) is 46.6 Å². The SMILES string of the molecule is COc1cc(C2CCN(C(=O)CN(C)C)CC2)ccc1N. The van der Waals surface area contributed by atoms with Crippen LogP contribution in [0.25, 0.3) is 0 Å². The van der Waals surface area contributed by atoms with Gasteiger partial charge in [-0.25, -0.2) is 0 Å². The van der Waals surface area contributed by atoms with E-state index in [9.17, 15) is 4.79 Å². The van der Waals surface area contributed by atoms with Gasteiger partial charge in [-0.1, -0.05) is 6.07 Å². The Balaban J connectivity index is 1.96. The fourth-order valence-electron chi connectivity index (χ4n) is 2.81. The molecule has 0 aromatic heterocycles. The number of anilines is 1. The lowest BCUT2D eigenvalue weighted by atomic mass is 9.89. The van der Waals surface area contributed by atoms with E-state index in [4.69, 9.17) is 10.5 Å². The summed E-state index contributed by atoms with van der Waals surface area (Å²) in [5.74, 6) is 1.43. The summed E-state index contributed by atoms with van der Waals surface area (Å²) in [5, 5.41) is 0. The van der Waals surface area contributed by atoms with Gasteiger partial charge in [0.15, 0.2) is 0 Å². The Morgan fingerprint density at radius 3 is 2.62 bits per heavy atom. The Kier molecular flexibility index (Phi) is 5.07. The third-order valence-corrected chi connectivity index (χ3v) is 4.03. The maximum atomic E-state index is 12.0. The number of hydrogen-bond donors (Lipinski definition) is 1. The predicted octanol–water partition coefficient (Wildman–Crippen LogP) is 1.54. The van der Waals surface area contributed by atoms with E-state index in [2.05, 4.69) is 6.07 Å². The first-order chi connectivity index (χ1) is 10.0. The van der Waals surface area contributed by atoms with Gasteiger partial charge in [0, 0.05) is 13.1 Å². The van der Waals surface area contributed by atoms with Crippen molar-refractivity contribution in [2.45, 2.75) is 18.8 Å². The Bertz CT molecular complexity index is 494. The number of amides is 1. The highest BCUT2D eigenvalue weighted by Crippen LogP contribution is 2.32. The summed E-state index contributed by atoms with van der Waals surface area (Å²) in [7, 11) is 5.48. The van der Waals surface area contributed by atoms with E-state index in [0.717, 1.165) is 31.7 Å². The van der Waals surface area contributed by atoms with Gasteiger partial charge in [0.1, 0.15) is 5.75 Å². The molecule has 21 heavy (non-hydrogen) atoms. The Labute approximate surface area is 126 Å². The first-order valence-electron chi connectivity index (χ1n) is 7.37. The van der Waals surface area contributed by atoms with Gasteiger partial charge in [0.25, 0.3) is 0 Å². The molecular weight excluding hydrogens is 266 g/mol. The second-order valence-corrected chi connectivity index (χ2v) is 5.89. The molecule has 1 aromatic rings. The van der Waals surface area contributed by atoms with E-state index in [1.165, 1.54) is 5.56 Å². The molecule has 1 aliphatic rings. The molecule has 1 amide bonds. The van der Waals surface area contributed by atoms with Crippen molar-refractivity contribution in [1.29, 1.82) is 0 Å². The molecular formula is C16H25N3O2. The van der Waals surface area contributed by atoms with Crippen molar-refractivity contribution in [1.82, 2.24) is 9.80 Å². The zero-order chi connectivity index (χ0) is 15.4. The summed E-state index contributed by atoms with van der Waals surface area (Å²) >= 11 is 0. The molecule has 1 fully saturated rings. The third-order valence-electron chi connectivity index (χ3n) is 4.03. The Morgan fingerprint density at radius 1 is 1.38 bits per heavy atom. The summed E-state index contributed by atoms with van der Waals surface area (Å²) in [6.07, 6.45) is 1.98. The molecule has 2 N–H and O–H groups in total. The van der Waals surface area contributed by atoms with Crippen LogP contribution < -0.4 is 10.5 Å². The fourth-order valence-corrected chi connectivity index (χ4v) is 2.81. The summed E-state index contributed by atoms with van der Waals surface area (Å²) in [5.41, 5.74) is 7.77. The average Bonchev–Trinajstić information content (AvgIpc) is 2.47. The van der Waals surface area contributed by atoms with Gasteiger partial charge in [0.05, 0.1) is 19.3 Å². The number of methoxy groups -OCH3 is 1. The van der Waals surface area contributed by atoms with Gasteiger partial charge in [-0.05, 0) is 50.6 Å². The zero-order valence-electron chi connectivity index (χ0n) is 13.1. The van der Waals surface area contributed by atoms with Crippen LogP contribution in [-0.4, -0.2) is 56.5 Å². The van der Waals surface area contributed by atoms with Crippen LogP contribution in [-0.2, 0) is 4.79 Å². The van der Waals surface area contributed by atoms with E-state index < -0.39 is 0 Å². The molecule has 0 unspecified atom stereocenters. The largest absolute Gasteiger partial charge is 0.495 e. The highest BCUT2D eigenvalue weighted by molar-refractivity contribution is 5.78. The molecule has 0 atom stereocenters. The quantitative estimate of drug-likeness (QED) is 0.855. The van der Waals surface area contributed by atoms with Gasteiger partial charge < -0.3 is 20.3 Å². The molecule has 1 heterocycles. The molecule has 0 aliphatic carbocycles. The zero-order valence-corrected chi connectivity index (χ0v) is 13.1. The lowest BCUT2D eigenvalue weighted by Gasteiger charge is -2.33. The van der Waals surface area contributed by atoms with Gasteiger partial charge in [-0.2, -0.15) is 0 Å². The standard InChI is InChI=1S/C16H25N3O2/c1-18(2)11-16(20)19-8-6-12(7-9-19)13-4-5-14(17)15(10-13)21-3/h4-5,10,12H,6-9,11,17H2,1-3H3. The number of carbonyl (C=O) groups excluding carboxylic acids is 1. The molecule has 1 saturated heterocycles. The van der Waals surface area contributed by atoms with Crippen molar-refractivity contribution in [3.63, 3.8) is 0 Å². The number of rotatable bonds is 4. The number of nitrogen functional groups attached to an aromatic ring is 1. The van der Waals surface area contributed by atoms with Crippen LogP contribution in [0.2, 0.25) is 0 Å². The number of hydrogen-bond acceptors (Lipinski definition) is 4. The second-order valence-electron chi connectivity index (χ2n) is 5.89. The van der Waals surface area contributed by atoms with Crippen molar-refractivity contribution in [3.8, 4) is 5.75 Å². The Hall–Kier alpha value is -1.75. The topological polar surface area (TPSA) is 58.8 Å². The van der Waals surface area contributed by atoms with Crippen molar-refractivity contribution >= 4 is 11.6 Å². The number of carbonyl (C=O) groups is 1. The van der Waals surface area contributed by atoms with Crippen molar-refractivity contribution < 1.29 is 9.53 Å². The number of ether oxygens (including phenoxy) is 1. The maximum absolute atomic E-state index is 12.0. The van der Waals surface area contributed by atoms with E-state index in [1.807, 2.05) is 36.0 Å². The molecule has 5 nitrogen and oxygen atoms in total. The van der Waals surface area contributed by atoms with Crippen LogP contribution in [0.5, 0.6) is 5.75 Å². The van der Waals surface area contributed by atoms with E-state index in [-0.39, 0.29) is 5.91 Å². The highest BCUT2D eigenvalue weighted by atomic mass is 16.5. The van der Waals surface area contributed by atoms with Gasteiger partial charge >= 0.3 is 0 Å². The summed E-state index contributed by atoms with van der Waals surface area (Å²) < 4.78 is 5.28. The van der Waals surface area contributed by atoms with E-state index in [1.54, 1.807) is 7.11 Å². The lowest BCUT2D eigenvalue weighted by molar-refractivity contribution is -0.132. The van der Waals surface area contributed by atoms with Crippen LogP contribution in [0.15, 0.2) is 18.2 Å². The Morgan fingerprint density at radius 2 is 2.05 bits per heavy atom. The minimum Gasteiger partial charge on any atom is -0.495 e. The van der Waals surface area contributed by atoms with Crippen molar-refractivity contribution in [3.05, 3.63) is 23.8 Å². The van der Waals surface area contributed by atoms with Crippen LogP contribution in [0.1, 0.15) is 24.3 Å². The number of likely N-dealkylation sites (N-methyl/N-ethyl adjacent to an activating group) is 1. The summed E-state index contributed by atoms with van der Waals surface area (Å²) in [4.78, 5) is 15.9. The summed E-state index contributed by atoms with van der Waals surface area (Å²) in [6.45, 7) is 2.13. The molecule has 0 spiro atoms. The molecule has 2 rings (SSSR count). The molecule has 0 saturated carbocycles. The minimum absolute atomic E-state index is 0.216. The number of nitrogens with zero attached hydrogens (tertiary/aromatic N) is 2. The monoisotopic (exact) mass is 291 g/mol. The smallest absolute Gasteiger partial charge is 0.236 e. The number of nitrogens with two attached hydrogens (primary N) is 1. The molecule has 1 aromatic carbocycles. The van der Waals surface area contributed by atoms with Crippen LogP contribution in [0, 0.1) is 0 Å². The minimum atomic E-state index is 0.216. The van der Waals surface area contributed by atoms with E-state index in [0.29, 0.717) is 18.2 Å². The third kappa shape index (κ3) is 3.88. The molecule has 5 heteroatoms. The van der Waals surface area contributed by atoms with Crippen molar-refractivity contribution in [2.24, 2.45) is 0 Å². The number of benzene rings is 1.